The van der Waals surface area contributed by atoms with E-state index >= 15 is 0 Å². The van der Waals surface area contributed by atoms with Gasteiger partial charge in [0.1, 0.15) is 6.42 Å². The van der Waals surface area contributed by atoms with E-state index in [4.69, 9.17) is 0 Å². The summed E-state index contributed by atoms with van der Waals surface area (Å²) >= 11 is 0. The van der Waals surface area contributed by atoms with E-state index in [1.54, 1.807) is 18.1 Å². The number of nitrogens with zero attached hydrogens (tertiary/aromatic N) is 2. The van der Waals surface area contributed by atoms with Crippen LogP contribution in [0.1, 0.15) is 17.7 Å². The van der Waals surface area contributed by atoms with Crippen molar-refractivity contribution in [2.24, 2.45) is 0 Å². The highest BCUT2D eigenvalue weighted by Gasteiger charge is 2.14. The summed E-state index contributed by atoms with van der Waals surface area (Å²) in [6.07, 6.45) is 1.51. The Bertz CT molecular complexity index is 614. The molecule has 0 aliphatic heterocycles. The first kappa shape index (κ1) is 15.7. The van der Waals surface area contributed by atoms with Gasteiger partial charge in [0, 0.05) is 19.8 Å². The maximum Gasteiger partial charge on any atom is 0.232 e. The molecule has 22 heavy (non-hydrogen) atoms. The van der Waals surface area contributed by atoms with Gasteiger partial charge >= 0.3 is 0 Å². The lowest BCUT2D eigenvalue weighted by Crippen LogP contribution is -2.33. The molecule has 1 aromatic carbocycles. The summed E-state index contributed by atoms with van der Waals surface area (Å²) in [6.45, 7) is 0.822. The second-order valence-electron chi connectivity index (χ2n) is 5.01. The van der Waals surface area contributed by atoms with E-state index < -0.39 is 0 Å². The molecular weight excluding hydrogens is 278 g/mol. The minimum absolute atomic E-state index is 0.157. The summed E-state index contributed by atoms with van der Waals surface area (Å²) < 4.78 is 0. The molecule has 1 N–H and O–H groups in total. The Balaban J connectivity index is 1.77. The molecule has 2 aromatic rings. The summed E-state index contributed by atoms with van der Waals surface area (Å²) in [7, 11) is 1.70. The van der Waals surface area contributed by atoms with Gasteiger partial charge in [-0.25, -0.2) is 0 Å². The zero-order valence-electron chi connectivity index (χ0n) is 12.5. The Kier molecular flexibility index (Phi) is 5.65. The lowest BCUT2D eigenvalue weighted by Gasteiger charge is -2.17. The average Bonchev–Trinajstić information content (AvgIpc) is 2.55. The van der Waals surface area contributed by atoms with Crippen molar-refractivity contribution < 1.29 is 9.59 Å². The van der Waals surface area contributed by atoms with Gasteiger partial charge in [-0.3, -0.25) is 14.6 Å². The fourth-order valence-corrected chi connectivity index (χ4v) is 1.97. The second-order valence-corrected chi connectivity index (χ2v) is 5.01. The molecule has 1 aromatic heterocycles. The maximum atomic E-state index is 12.0. The number of hydrogen-bond donors (Lipinski definition) is 1. The largest absolute Gasteiger partial charge is 0.350 e. The highest BCUT2D eigenvalue weighted by Crippen LogP contribution is 2.04. The van der Waals surface area contributed by atoms with Crippen molar-refractivity contribution in [3.63, 3.8) is 0 Å². The quantitative estimate of drug-likeness (QED) is 0.826. The van der Waals surface area contributed by atoms with Crippen molar-refractivity contribution in [3.05, 3.63) is 66.0 Å². The van der Waals surface area contributed by atoms with Crippen LogP contribution in [0.25, 0.3) is 0 Å². The Morgan fingerprint density at radius 1 is 1.09 bits per heavy atom. The van der Waals surface area contributed by atoms with Crippen molar-refractivity contribution in [2.75, 3.05) is 7.05 Å². The van der Waals surface area contributed by atoms with Crippen LogP contribution in [0.15, 0.2) is 54.7 Å². The molecule has 0 radical (unpaired) electrons. The van der Waals surface area contributed by atoms with Gasteiger partial charge in [-0.1, -0.05) is 36.4 Å². The molecule has 0 aliphatic carbocycles. The molecular formula is C17H19N3O2. The first-order valence-corrected chi connectivity index (χ1v) is 7.09. The van der Waals surface area contributed by atoms with Gasteiger partial charge in [-0.15, -0.1) is 0 Å². The number of hydrogen-bond acceptors (Lipinski definition) is 3. The average molecular weight is 297 g/mol. The zero-order valence-corrected chi connectivity index (χ0v) is 12.5. The third-order valence-corrected chi connectivity index (χ3v) is 3.19. The summed E-state index contributed by atoms with van der Waals surface area (Å²) in [4.78, 5) is 29.5. The Labute approximate surface area is 130 Å². The van der Waals surface area contributed by atoms with Crippen LogP contribution in [0, 0.1) is 0 Å². The predicted molar refractivity (Wildman–Crippen MR) is 83.6 cm³/mol. The van der Waals surface area contributed by atoms with Crippen molar-refractivity contribution in [2.45, 2.75) is 19.5 Å². The fraction of sp³-hybridized carbons (Fsp3) is 0.235. The van der Waals surface area contributed by atoms with Crippen LogP contribution < -0.4 is 5.32 Å². The molecule has 0 aliphatic rings. The fourth-order valence-electron chi connectivity index (χ4n) is 1.97. The van der Waals surface area contributed by atoms with Crippen LogP contribution in [0.2, 0.25) is 0 Å². The van der Waals surface area contributed by atoms with Crippen molar-refractivity contribution in [3.8, 4) is 0 Å². The molecule has 0 bridgehead atoms. The van der Waals surface area contributed by atoms with Gasteiger partial charge < -0.3 is 10.2 Å². The third kappa shape index (κ3) is 5.01. The first-order chi connectivity index (χ1) is 10.6. The van der Waals surface area contributed by atoms with E-state index in [9.17, 15) is 9.59 Å². The molecule has 1 heterocycles. The lowest BCUT2D eigenvalue weighted by atomic mass is 10.2. The van der Waals surface area contributed by atoms with Crippen LogP contribution in [-0.4, -0.2) is 28.7 Å². The normalized spacial score (nSPS) is 10.0. The highest BCUT2D eigenvalue weighted by atomic mass is 16.2. The number of carbonyl (C=O) groups excluding carboxylic acids is 2. The molecule has 0 fully saturated rings. The van der Waals surface area contributed by atoms with E-state index in [1.807, 2.05) is 48.5 Å². The SMILES string of the molecule is CN(Cc1ccccc1)C(=O)CC(=O)NCc1ccccn1. The van der Waals surface area contributed by atoms with Gasteiger partial charge in [-0.2, -0.15) is 0 Å². The topological polar surface area (TPSA) is 62.3 Å². The Morgan fingerprint density at radius 3 is 2.50 bits per heavy atom. The van der Waals surface area contributed by atoms with Gasteiger partial charge in [0.2, 0.25) is 11.8 Å². The van der Waals surface area contributed by atoms with Crippen LogP contribution in [0.5, 0.6) is 0 Å². The minimum atomic E-state index is -0.296. The number of benzene rings is 1. The molecule has 114 valence electrons. The van der Waals surface area contributed by atoms with Crippen molar-refractivity contribution >= 4 is 11.8 Å². The van der Waals surface area contributed by atoms with Gasteiger partial charge in [-0.05, 0) is 17.7 Å². The molecule has 5 heteroatoms. The molecule has 5 nitrogen and oxygen atoms in total. The number of carbonyl (C=O) groups is 2. The summed E-state index contributed by atoms with van der Waals surface area (Å²) in [5.74, 6) is -0.502. The third-order valence-electron chi connectivity index (χ3n) is 3.19. The summed E-state index contributed by atoms with van der Waals surface area (Å²) in [6, 6.07) is 15.2. The number of nitrogens with one attached hydrogen (secondary N) is 1. The van der Waals surface area contributed by atoms with Gasteiger partial charge in [0.05, 0.1) is 12.2 Å². The van der Waals surface area contributed by atoms with E-state index in [0.717, 1.165) is 11.3 Å². The first-order valence-electron chi connectivity index (χ1n) is 7.09. The van der Waals surface area contributed by atoms with Crippen LogP contribution in [0.4, 0.5) is 0 Å². The summed E-state index contributed by atoms with van der Waals surface area (Å²) in [5, 5.41) is 2.70. The van der Waals surface area contributed by atoms with Crippen LogP contribution in [0.3, 0.4) is 0 Å². The van der Waals surface area contributed by atoms with E-state index in [2.05, 4.69) is 10.3 Å². The standard InChI is InChI=1S/C17H19N3O2/c1-20(13-14-7-3-2-4-8-14)17(22)11-16(21)19-12-15-9-5-6-10-18-15/h2-10H,11-13H2,1H3,(H,19,21). The number of amides is 2. The monoisotopic (exact) mass is 297 g/mol. The number of pyridine rings is 1. The molecule has 2 amide bonds. The maximum absolute atomic E-state index is 12.0. The molecule has 0 saturated carbocycles. The Morgan fingerprint density at radius 2 is 1.82 bits per heavy atom. The predicted octanol–water partition coefficient (Wildman–Crippen LogP) is 1.75. The van der Waals surface area contributed by atoms with Crippen molar-refractivity contribution in [1.29, 1.82) is 0 Å². The lowest BCUT2D eigenvalue weighted by molar-refractivity contribution is -0.135. The van der Waals surface area contributed by atoms with E-state index in [1.165, 1.54) is 0 Å². The number of aromatic nitrogens is 1. The van der Waals surface area contributed by atoms with Crippen LogP contribution in [-0.2, 0) is 22.7 Å². The Hall–Kier alpha value is -2.69. The molecule has 0 unspecified atom stereocenters. The molecule has 0 atom stereocenters. The van der Waals surface area contributed by atoms with Crippen LogP contribution >= 0.6 is 0 Å². The van der Waals surface area contributed by atoms with E-state index in [0.29, 0.717) is 13.1 Å². The summed E-state index contributed by atoms with van der Waals surface area (Å²) in [5.41, 5.74) is 1.80. The van der Waals surface area contributed by atoms with E-state index in [-0.39, 0.29) is 18.2 Å². The van der Waals surface area contributed by atoms with Gasteiger partial charge in [0.25, 0.3) is 0 Å². The minimum Gasteiger partial charge on any atom is -0.350 e. The molecule has 0 saturated heterocycles. The highest BCUT2D eigenvalue weighted by molar-refractivity contribution is 5.96. The van der Waals surface area contributed by atoms with Crippen molar-refractivity contribution in [1.82, 2.24) is 15.2 Å². The molecule has 0 spiro atoms. The second kappa shape index (κ2) is 7.93. The zero-order chi connectivity index (χ0) is 15.8. The van der Waals surface area contributed by atoms with Gasteiger partial charge in [0.15, 0.2) is 0 Å². The number of rotatable bonds is 6. The smallest absolute Gasteiger partial charge is 0.232 e. The molecule has 2 rings (SSSR count).